The normalized spacial score (nSPS) is 13.8. The van der Waals surface area contributed by atoms with Gasteiger partial charge >= 0.3 is 0 Å². The minimum atomic E-state index is -0.369. The van der Waals surface area contributed by atoms with E-state index in [1.807, 2.05) is 18.2 Å². The van der Waals surface area contributed by atoms with Crippen LogP contribution in [0, 0.1) is 0 Å². The molecule has 0 aliphatic carbocycles. The fourth-order valence-corrected chi connectivity index (χ4v) is 2.09. The summed E-state index contributed by atoms with van der Waals surface area (Å²) >= 11 is 0. The lowest BCUT2D eigenvalue weighted by molar-refractivity contribution is -0.871. The van der Waals surface area contributed by atoms with E-state index in [0.717, 1.165) is 23.0 Å². The molecule has 1 N–H and O–H groups in total. The summed E-state index contributed by atoms with van der Waals surface area (Å²) in [4.78, 5) is 0. The molecule has 96 valence electrons. The van der Waals surface area contributed by atoms with Crippen molar-refractivity contribution in [1.82, 2.24) is 0 Å². The van der Waals surface area contributed by atoms with Gasteiger partial charge in [-0.15, -0.1) is 0 Å². The third-order valence-corrected chi connectivity index (χ3v) is 3.23. The molecule has 0 aromatic heterocycles. The lowest BCUT2D eigenvalue weighted by atomic mass is 10.0. The lowest BCUT2D eigenvalue weighted by Gasteiger charge is -2.25. The van der Waals surface area contributed by atoms with Crippen molar-refractivity contribution in [3.05, 3.63) is 48.0 Å². The first-order valence-corrected chi connectivity index (χ1v) is 6.43. The number of quaternary nitrogens is 1. The average molecular weight is 244 g/mol. The second-order valence-corrected chi connectivity index (χ2v) is 5.92. The Hall–Kier alpha value is -1.38. The van der Waals surface area contributed by atoms with E-state index in [2.05, 4.69) is 45.4 Å². The quantitative estimate of drug-likeness (QED) is 0.820. The maximum Gasteiger partial charge on any atom is 0.0843 e. The number of benzene rings is 2. The van der Waals surface area contributed by atoms with Gasteiger partial charge in [-0.25, -0.2) is 0 Å². The van der Waals surface area contributed by atoms with Gasteiger partial charge in [0.1, 0.15) is 0 Å². The molecular formula is C16H22NO+. The number of nitrogens with zero attached hydrogens (tertiary/aromatic N) is 1. The van der Waals surface area contributed by atoms with E-state index in [0.29, 0.717) is 0 Å². The molecule has 2 aromatic carbocycles. The van der Waals surface area contributed by atoms with Gasteiger partial charge in [0.2, 0.25) is 0 Å². The van der Waals surface area contributed by atoms with Crippen LogP contribution in [-0.2, 0) is 0 Å². The zero-order valence-corrected chi connectivity index (χ0v) is 11.4. The smallest absolute Gasteiger partial charge is 0.0843 e. The fraction of sp³-hybridized carbons (Fsp3) is 0.375. The summed E-state index contributed by atoms with van der Waals surface area (Å²) in [5.74, 6) is 0. The molecule has 0 amide bonds. The van der Waals surface area contributed by atoms with E-state index >= 15 is 0 Å². The standard InChI is InChI=1S/C16H22NO/c1-17(2,3)11-10-16(18)15-9-8-13-6-4-5-7-14(13)12-15/h4-9,12,16,18H,10-11H2,1-3H3/q+1. The molecule has 0 radical (unpaired) electrons. The van der Waals surface area contributed by atoms with Gasteiger partial charge in [0.25, 0.3) is 0 Å². The first kappa shape index (κ1) is 13.1. The zero-order valence-electron chi connectivity index (χ0n) is 11.4. The Labute approximate surface area is 109 Å². The van der Waals surface area contributed by atoms with E-state index in [-0.39, 0.29) is 6.10 Å². The van der Waals surface area contributed by atoms with Crippen molar-refractivity contribution in [3.8, 4) is 0 Å². The Balaban J connectivity index is 2.15. The van der Waals surface area contributed by atoms with Crippen LogP contribution in [0.3, 0.4) is 0 Å². The van der Waals surface area contributed by atoms with Crippen LogP contribution < -0.4 is 0 Å². The Kier molecular flexibility index (Phi) is 3.69. The van der Waals surface area contributed by atoms with E-state index in [1.54, 1.807) is 0 Å². The predicted octanol–water partition coefficient (Wildman–Crippen LogP) is 2.97. The highest BCUT2D eigenvalue weighted by atomic mass is 16.3. The maximum atomic E-state index is 10.2. The minimum Gasteiger partial charge on any atom is -0.388 e. The highest BCUT2D eigenvalue weighted by molar-refractivity contribution is 5.83. The Morgan fingerprint density at radius 1 is 1.00 bits per heavy atom. The maximum absolute atomic E-state index is 10.2. The molecule has 0 bridgehead atoms. The molecule has 0 aliphatic rings. The molecule has 1 atom stereocenters. The van der Waals surface area contributed by atoms with Crippen LogP contribution in [0.1, 0.15) is 18.1 Å². The van der Waals surface area contributed by atoms with Gasteiger partial charge < -0.3 is 9.59 Å². The summed E-state index contributed by atoms with van der Waals surface area (Å²) in [5, 5.41) is 12.6. The SMILES string of the molecule is C[N+](C)(C)CCC(O)c1ccc2ccccc2c1. The largest absolute Gasteiger partial charge is 0.388 e. The molecule has 18 heavy (non-hydrogen) atoms. The highest BCUT2D eigenvalue weighted by Gasteiger charge is 2.13. The van der Waals surface area contributed by atoms with Gasteiger partial charge in [-0.3, -0.25) is 0 Å². The minimum absolute atomic E-state index is 0.369. The van der Waals surface area contributed by atoms with Crippen molar-refractivity contribution in [2.24, 2.45) is 0 Å². The highest BCUT2D eigenvalue weighted by Crippen LogP contribution is 2.22. The molecule has 0 aliphatic heterocycles. The number of aliphatic hydroxyl groups is 1. The molecule has 2 heteroatoms. The van der Waals surface area contributed by atoms with Crippen LogP contribution in [0.25, 0.3) is 10.8 Å². The second kappa shape index (κ2) is 5.09. The van der Waals surface area contributed by atoms with Crippen molar-refractivity contribution in [2.45, 2.75) is 12.5 Å². The van der Waals surface area contributed by atoms with Crippen molar-refractivity contribution in [2.75, 3.05) is 27.7 Å². The van der Waals surface area contributed by atoms with Crippen LogP contribution in [0.5, 0.6) is 0 Å². The topological polar surface area (TPSA) is 20.2 Å². The summed E-state index contributed by atoms with van der Waals surface area (Å²) in [5.41, 5.74) is 1.02. The Bertz CT molecular complexity index is 528. The van der Waals surface area contributed by atoms with Crippen molar-refractivity contribution >= 4 is 10.8 Å². The lowest BCUT2D eigenvalue weighted by Crippen LogP contribution is -2.36. The average Bonchev–Trinajstić information content (AvgIpc) is 2.34. The molecular weight excluding hydrogens is 222 g/mol. The van der Waals surface area contributed by atoms with Gasteiger partial charge in [-0.1, -0.05) is 36.4 Å². The summed E-state index contributed by atoms with van der Waals surface area (Å²) < 4.78 is 0.880. The molecule has 0 saturated carbocycles. The van der Waals surface area contributed by atoms with Gasteiger partial charge in [-0.2, -0.15) is 0 Å². The summed E-state index contributed by atoms with van der Waals surface area (Å²) in [6.07, 6.45) is 0.425. The Morgan fingerprint density at radius 2 is 1.67 bits per heavy atom. The number of hydrogen-bond acceptors (Lipinski definition) is 1. The first-order valence-electron chi connectivity index (χ1n) is 6.43. The summed E-state index contributed by atoms with van der Waals surface area (Å²) in [6.45, 7) is 0.966. The van der Waals surface area contributed by atoms with Crippen LogP contribution >= 0.6 is 0 Å². The van der Waals surface area contributed by atoms with E-state index in [9.17, 15) is 5.11 Å². The third-order valence-electron chi connectivity index (χ3n) is 3.23. The number of rotatable bonds is 4. The number of fused-ring (bicyclic) bond motifs is 1. The molecule has 0 heterocycles. The zero-order chi connectivity index (χ0) is 13.2. The summed E-state index contributed by atoms with van der Waals surface area (Å²) in [6, 6.07) is 14.5. The molecule has 1 unspecified atom stereocenters. The predicted molar refractivity (Wildman–Crippen MR) is 76.4 cm³/mol. The molecule has 2 aromatic rings. The van der Waals surface area contributed by atoms with Crippen LogP contribution in [0.15, 0.2) is 42.5 Å². The Morgan fingerprint density at radius 3 is 2.33 bits per heavy atom. The van der Waals surface area contributed by atoms with Gasteiger partial charge in [0.05, 0.1) is 33.8 Å². The van der Waals surface area contributed by atoms with Gasteiger partial charge in [0, 0.05) is 6.42 Å². The fourth-order valence-electron chi connectivity index (χ4n) is 2.09. The molecule has 0 fully saturated rings. The van der Waals surface area contributed by atoms with Crippen LogP contribution in [0.4, 0.5) is 0 Å². The number of hydrogen-bond donors (Lipinski definition) is 1. The van der Waals surface area contributed by atoms with Gasteiger partial charge in [0.15, 0.2) is 0 Å². The van der Waals surface area contributed by atoms with Crippen LogP contribution in [-0.4, -0.2) is 37.3 Å². The second-order valence-electron chi connectivity index (χ2n) is 5.92. The molecule has 2 rings (SSSR count). The van der Waals surface area contributed by atoms with Gasteiger partial charge in [-0.05, 0) is 22.4 Å². The van der Waals surface area contributed by atoms with E-state index in [4.69, 9.17) is 0 Å². The number of aliphatic hydroxyl groups excluding tert-OH is 1. The van der Waals surface area contributed by atoms with E-state index in [1.165, 1.54) is 10.8 Å². The molecule has 2 nitrogen and oxygen atoms in total. The molecule has 0 saturated heterocycles. The first-order chi connectivity index (χ1) is 8.46. The molecule has 0 spiro atoms. The van der Waals surface area contributed by atoms with Crippen molar-refractivity contribution in [1.29, 1.82) is 0 Å². The van der Waals surface area contributed by atoms with Crippen molar-refractivity contribution in [3.63, 3.8) is 0 Å². The van der Waals surface area contributed by atoms with E-state index < -0.39 is 0 Å². The van der Waals surface area contributed by atoms with Crippen LogP contribution in [0.2, 0.25) is 0 Å². The monoisotopic (exact) mass is 244 g/mol. The van der Waals surface area contributed by atoms with Crippen molar-refractivity contribution < 1.29 is 9.59 Å². The summed E-state index contributed by atoms with van der Waals surface area (Å²) in [7, 11) is 6.44. The third kappa shape index (κ3) is 3.31.